The van der Waals surface area contributed by atoms with Crippen LogP contribution >= 0.6 is 22.9 Å². The van der Waals surface area contributed by atoms with Gasteiger partial charge in [-0.2, -0.15) is 4.98 Å². The zero-order valence-corrected chi connectivity index (χ0v) is 13.8. The van der Waals surface area contributed by atoms with E-state index in [1.54, 1.807) is 11.3 Å². The van der Waals surface area contributed by atoms with Crippen LogP contribution in [0.2, 0.25) is 5.28 Å². The molecule has 0 aliphatic rings. The zero-order valence-electron chi connectivity index (χ0n) is 12.2. The molecule has 0 N–H and O–H groups in total. The molecule has 5 heteroatoms. The van der Waals surface area contributed by atoms with E-state index in [4.69, 9.17) is 11.6 Å². The number of hydrogen-bond donors (Lipinski definition) is 0. The lowest BCUT2D eigenvalue weighted by Gasteiger charge is -2.19. The van der Waals surface area contributed by atoms with Gasteiger partial charge in [-0.15, -0.1) is 11.3 Å². The number of rotatable bonds is 3. The Morgan fingerprint density at radius 2 is 1.86 bits per heavy atom. The lowest BCUT2D eigenvalue weighted by molar-refractivity contribution is 0.900. The standard InChI is InChI=1S/C16H16ClN3S/c1-10-4-6-12(7-5-10)9-20(3)14-13-8-11(2)21-15(13)19-16(17)18-14/h4-8H,9H2,1-3H3. The number of aromatic nitrogens is 2. The van der Waals surface area contributed by atoms with Gasteiger partial charge in [-0.25, -0.2) is 4.98 Å². The van der Waals surface area contributed by atoms with Gasteiger partial charge < -0.3 is 4.90 Å². The van der Waals surface area contributed by atoms with Crippen molar-refractivity contribution in [3.63, 3.8) is 0 Å². The lowest BCUT2D eigenvalue weighted by atomic mass is 10.1. The molecule has 3 nitrogen and oxygen atoms in total. The molecule has 0 radical (unpaired) electrons. The Labute approximate surface area is 133 Å². The lowest BCUT2D eigenvalue weighted by Crippen LogP contribution is -2.18. The largest absolute Gasteiger partial charge is 0.355 e. The minimum absolute atomic E-state index is 0.301. The van der Waals surface area contributed by atoms with Crippen molar-refractivity contribution < 1.29 is 0 Å². The van der Waals surface area contributed by atoms with Gasteiger partial charge in [0.25, 0.3) is 0 Å². The third kappa shape index (κ3) is 3.01. The van der Waals surface area contributed by atoms with Crippen molar-refractivity contribution in [2.24, 2.45) is 0 Å². The fraction of sp³-hybridized carbons (Fsp3) is 0.250. The normalized spacial score (nSPS) is 11.0. The number of fused-ring (bicyclic) bond motifs is 1. The van der Waals surface area contributed by atoms with E-state index in [1.165, 1.54) is 16.0 Å². The zero-order chi connectivity index (χ0) is 15.0. The summed E-state index contributed by atoms with van der Waals surface area (Å²) in [6.07, 6.45) is 0. The van der Waals surface area contributed by atoms with Gasteiger partial charge in [0, 0.05) is 18.5 Å². The molecule has 2 aromatic heterocycles. The predicted octanol–water partition coefficient (Wildman–Crippen LogP) is 4.60. The molecule has 1 aromatic carbocycles. The molecule has 0 fully saturated rings. The summed E-state index contributed by atoms with van der Waals surface area (Å²) in [7, 11) is 2.03. The van der Waals surface area contributed by atoms with E-state index in [-0.39, 0.29) is 0 Å². The molecule has 0 spiro atoms. The van der Waals surface area contributed by atoms with E-state index in [9.17, 15) is 0 Å². The van der Waals surface area contributed by atoms with Crippen molar-refractivity contribution in [3.05, 3.63) is 51.6 Å². The van der Waals surface area contributed by atoms with Crippen LogP contribution < -0.4 is 4.90 Å². The first-order valence-corrected chi connectivity index (χ1v) is 7.93. The molecule has 0 aliphatic heterocycles. The van der Waals surface area contributed by atoms with E-state index in [0.717, 1.165) is 22.6 Å². The molecular weight excluding hydrogens is 302 g/mol. The second-order valence-electron chi connectivity index (χ2n) is 5.23. The van der Waals surface area contributed by atoms with Crippen LogP contribution in [0.3, 0.4) is 0 Å². The molecule has 0 aliphatic carbocycles. The highest BCUT2D eigenvalue weighted by atomic mass is 35.5. The van der Waals surface area contributed by atoms with Crippen LogP contribution in [0.5, 0.6) is 0 Å². The van der Waals surface area contributed by atoms with E-state index in [2.05, 4.69) is 59.0 Å². The van der Waals surface area contributed by atoms with Crippen LogP contribution in [0.15, 0.2) is 30.3 Å². The average molecular weight is 318 g/mol. The van der Waals surface area contributed by atoms with Crippen LogP contribution in [0.1, 0.15) is 16.0 Å². The number of nitrogens with zero attached hydrogens (tertiary/aromatic N) is 3. The quantitative estimate of drug-likeness (QED) is 0.661. The number of hydrogen-bond acceptors (Lipinski definition) is 4. The molecule has 2 heterocycles. The van der Waals surface area contributed by atoms with Crippen LogP contribution in [0.25, 0.3) is 10.2 Å². The maximum atomic E-state index is 6.06. The Hall–Kier alpha value is -1.65. The summed E-state index contributed by atoms with van der Waals surface area (Å²) < 4.78 is 0. The molecule has 0 amide bonds. The van der Waals surface area contributed by atoms with Gasteiger partial charge in [0.1, 0.15) is 10.6 Å². The number of aryl methyl sites for hydroxylation is 2. The molecular formula is C16H16ClN3S. The first-order chi connectivity index (χ1) is 10.0. The second kappa shape index (κ2) is 5.62. The van der Waals surface area contributed by atoms with Crippen molar-refractivity contribution in [1.82, 2.24) is 9.97 Å². The number of halogens is 1. The van der Waals surface area contributed by atoms with Gasteiger partial charge in [0.2, 0.25) is 5.28 Å². The summed E-state index contributed by atoms with van der Waals surface area (Å²) in [5.74, 6) is 0.884. The highest BCUT2D eigenvalue weighted by Crippen LogP contribution is 2.31. The smallest absolute Gasteiger partial charge is 0.225 e. The summed E-state index contributed by atoms with van der Waals surface area (Å²) >= 11 is 7.70. The van der Waals surface area contributed by atoms with Crippen molar-refractivity contribution in [1.29, 1.82) is 0 Å². The highest BCUT2D eigenvalue weighted by molar-refractivity contribution is 7.18. The summed E-state index contributed by atoms with van der Waals surface area (Å²) in [4.78, 5) is 13.0. The van der Waals surface area contributed by atoms with Gasteiger partial charge >= 0.3 is 0 Å². The first-order valence-electron chi connectivity index (χ1n) is 6.73. The van der Waals surface area contributed by atoms with Gasteiger partial charge in [0.15, 0.2) is 0 Å². The van der Waals surface area contributed by atoms with Gasteiger partial charge in [0.05, 0.1) is 5.39 Å². The second-order valence-corrected chi connectivity index (χ2v) is 6.81. The maximum absolute atomic E-state index is 6.06. The van der Waals surface area contributed by atoms with Crippen LogP contribution in [0.4, 0.5) is 5.82 Å². The summed E-state index contributed by atoms with van der Waals surface area (Å²) in [5.41, 5.74) is 2.51. The highest BCUT2D eigenvalue weighted by Gasteiger charge is 2.13. The molecule has 108 valence electrons. The van der Waals surface area contributed by atoms with Crippen molar-refractivity contribution in [3.8, 4) is 0 Å². The molecule has 0 saturated carbocycles. The molecule has 0 saturated heterocycles. The molecule has 0 bridgehead atoms. The Balaban J connectivity index is 1.97. The van der Waals surface area contributed by atoms with E-state index < -0.39 is 0 Å². The van der Waals surface area contributed by atoms with Crippen molar-refractivity contribution >= 4 is 39.0 Å². The van der Waals surface area contributed by atoms with Crippen LogP contribution in [-0.4, -0.2) is 17.0 Å². The number of benzene rings is 1. The van der Waals surface area contributed by atoms with Crippen molar-refractivity contribution in [2.45, 2.75) is 20.4 Å². The third-order valence-corrected chi connectivity index (χ3v) is 4.48. The minimum Gasteiger partial charge on any atom is -0.355 e. The minimum atomic E-state index is 0.301. The van der Waals surface area contributed by atoms with Crippen LogP contribution in [0, 0.1) is 13.8 Å². The number of thiophene rings is 1. The Morgan fingerprint density at radius 1 is 1.14 bits per heavy atom. The Kier molecular flexibility index (Phi) is 3.83. The summed E-state index contributed by atoms with van der Waals surface area (Å²) in [6.45, 7) is 4.96. The first kappa shape index (κ1) is 14.3. The fourth-order valence-corrected chi connectivity index (χ4v) is 3.42. The van der Waals surface area contributed by atoms with Gasteiger partial charge in [-0.3, -0.25) is 0 Å². The molecule has 21 heavy (non-hydrogen) atoms. The van der Waals surface area contributed by atoms with Gasteiger partial charge in [-0.05, 0) is 37.1 Å². The SMILES string of the molecule is Cc1ccc(CN(C)c2nc(Cl)nc3sc(C)cc23)cc1. The Morgan fingerprint density at radius 3 is 2.57 bits per heavy atom. The topological polar surface area (TPSA) is 29.0 Å². The van der Waals surface area contributed by atoms with Crippen molar-refractivity contribution in [2.75, 3.05) is 11.9 Å². The fourth-order valence-electron chi connectivity index (χ4n) is 2.33. The molecule has 3 aromatic rings. The predicted molar refractivity (Wildman–Crippen MR) is 90.4 cm³/mol. The van der Waals surface area contributed by atoms with E-state index >= 15 is 0 Å². The number of anilines is 1. The average Bonchev–Trinajstić information content (AvgIpc) is 2.80. The summed E-state index contributed by atoms with van der Waals surface area (Å²) in [5, 5.41) is 1.37. The van der Waals surface area contributed by atoms with E-state index in [0.29, 0.717) is 5.28 Å². The maximum Gasteiger partial charge on any atom is 0.225 e. The molecule has 0 atom stereocenters. The summed E-state index contributed by atoms with van der Waals surface area (Å²) in [6, 6.07) is 10.7. The Bertz CT molecular complexity index is 780. The molecule has 0 unspecified atom stereocenters. The van der Waals surface area contributed by atoms with Crippen LogP contribution in [-0.2, 0) is 6.54 Å². The van der Waals surface area contributed by atoms with E-state index in [1.807, 2.05) is 7.05 Å². The van der Waals surface area contributed by atoms with Gasteiger partial charge in [-0.1, -0.05) is 29.8 Å². The third-order valence-electron chi connectivity index (χ3n) is 3.37. The monoisotopic (exact) mass is 317 g/mol. The molecule has 3 rings (SSSR count).